The van der Waals surface area contributed by atoms with Gasteiger partial charge in [0.15, 0.2) is 0 Å². The van der Waals surface area contributed by atoms with E-state index in [0.29, 0.717) is 31.9 Å². The third-order valence-electron chi connectivity index (χ3n) is 5.23. The molecule has 1 heterocycles. The highest BCUT2D eigenvalue weighted by molar-refractivity contribution is 5.93. The maximum atomic E-state index is 13.4. The van der Waals surface area contributed by atoms with Gasteiger partial charge in [0.25, 0.3) is 0 Å². The lowest BCUT2D eigenvalue weighted by atomic mass is 10.1. The molecule has 7 nitrogen and oxygen atoms in total. The maximum Gasteiger partial charge on any atom is 0.418 e. The van der Waals surface area contributed by atoms with Crippen molar-refractivity contribution in [2.24, 2.45) is 0 Å². The molecule has 1 aliphatic heterocycles. The van der Waals surface area contributed by atoms with Crippen molar-refractivity contribution in [1.82, 2.24) is 10.2 Å². The van der Waals surface area contributed by atoms with E-state index in [-0.39, 0.29) is 18.1 Å². The van der Waals surface area contributed by atoms with Gasteiger partial charge >= 0.3 is 12.2 Å². The van der Waals surface area contributed by atoms with Crippen molar-refractivity contribution in [3.05, 3.63) is 54.1 Å². The van der Waals surface area contributed by atoms with Crippen molar-refractivity contribution in [1.29, 1.82) is 0 Å². The van der Waals surface area contributed by atoms with Crippen molar-refractivity contribution < 1.29 is 22.8 Å². The molecule has 2 aromatic carbocycles. The summed E-state index contributed by atoms with van der Waals surface area (Å²) in [6.45, 7) is 2.03. The number of para-hydroxylation sites is 1. The molecule has 1 fully saturated rings. The summed E-state index contributed by atoms with van der Waals surface area (Å²) in [5.41, 5.74) is 0.109. The molecule has 2 aromatic rings. The Bertz CT molecular complexity index is 942. The number of piperazine rings is 1. The summed E-state index contributed by atoms with van der Waals surface area (Å²) in [6.07, 6.45) is -4.64. The molecule has 3 amide bonds. The fourth-order valence-electron chi connectivity index (χ4n) is 3.44. The fraction of sp³-hybridized carbons (Fsp3) is 0.364. The van der Waals surface area contributed by atoms with E-state index in [1.54, 1.807) is 19.0 Å². The Morgan fingerprint density at radius 3 is 2.25 bits per heavy atom. The van der Waals surface area contributed by atoms with Crippen molar-refractivity contribution in [3.63, 3.8) is 0 Å². The van der Waals surface area contributed by atoms with Crippen molar-refractivity contribution in [3.8, 4) is 0 Å². The van der Waals surface area contributed by atoms with Crippen LogP contribution in [0.2, 0.25) is 0 Å². The van der Waals surface area contributed by atoms with Crippen LogP contribution in [-0.4, -0.2) is 63.7 Å². The molecule has 172 valence electrons. The Hall–Kier alpha value is -3.43. The fourth-order valence-corrected chi connectivity index (χ4v) is 3.44. The van der Waals surface area contributed by atoms with Crippen molar-refractivity contribution >= 4 is 29.0 Å². The minimum Gasteiger partial charge on any atom is -0.378 e. The van der Waals surface area contributed by atoms with Crippen LogP contribution >= 0.6 is 0 Å². The summed E-state index contributed by atoms with van der Waals surface area (Å²) >= 11 is 0. The number of halogens is 3. The molecule has 1 saturated heterocycles. The summed E-state index contributed by atoms with van der Waals surface area (Å²) in [5, 5.41) is 4.56. The van der Waals surface area contributed by atoms with Gasteiger partial charge < -0.3 is 25.3 Å². The van der Waals surface area contributed by atoms with Gasteiger partial charge in [0.1, 0.15) is 0 Å². The van der Waals surface area contributed by atoms with Crippen LogP contribution in [0.4, 0.5) is 35.0 Å². The summed E-state index contributed by atoms with van der Waals surface area (Å²) in [7, 11) is 3.25. The zero-order valence-corrected chi connectivity index (χ0v) is 17.9. The van der Waals surface area contributed by atoms with Crippen LogP contribution in [0.1, 0.15) is 5.56 Å². The molecule has 3 rings (SSSR count). The van der Waals surface area contributed by atoms with Crippen LogP contribution < -0.4 is 20.4 Å². The molecule has 0 aliphatic carbocycles. The van der Waals surface area contributed by atoms with E-state index < -0.39 is 17.8 Å². The monoisotopic (exact) mass is 449 g/mol. The Kier molecular flexibility index (Phi) is 7.12. The third kappa shape index (κ3) is 5.83. The highest BCUT2D eigenvalue weighted by atomic mass is 19.4. The van der Waals surface area contributed by atoms with Crippen molar-refractivity contribution in [2.45, 2.75) is 6.18 Å². The first-order valence-electron chi connectivity index (χ1n) is 10.2. The minimum absolute atomic E-state index is 0.285. The Labute approximate surface area is 184 Å². The number of hydrogen-bond acceptors (Lipinski definition) is 4. The van der Waals surface area contributed by atoms with Gasteiger partial charge in [-0.3, -0.25) is 4.79 Å². The lowest BCUT2D eigenvalue weighted by molar-refractivity contribution is -0.137. The number of carbonyl (C=O) groups excluding carboxylic acids is 2. The number of nitrogens with one attached hydrogen (secondary N) is 2. The summed E-state index contributed by atoms with van der Waals surface area (Å²) in [4.78, 5) is 29.9. The molecule has 0 atom stereocenters. The smallest absolute Gasteiger partial charge is 0.378 e. The molecule has 10 heteroatoms. The number of hydrogen-bond donors (Lipinski definition) is 2. The molecule has 32 heavy (non-hydrogen) atoms. The SMILES string of the molecule is CN(C)c1ccc(NC(=O)NCC(=O)N2CCN(c3ccccc3)CC2)c(C(F)(F)F)c1. The molecular formula is C22H26F3N5O2. The van der Waals surface area contributed by atoms with Crippen LogP contribution in [0.5, 0.6) is 0 Å². The van der Waals surface area contributed by atoms with Gasteiger partial charge in [-0.1, -0.05) is 18.2 Å². The second kappa shape index (κ2) is 9.80. The molecule has 0 unspecified atom stereocenters. The molecule has 2 N–H and O–H groups in total. The van der Waals surface area contributed by atoms with E-state index in [9.17, 15) is 22.8 Å². The average Bonchev–Trinajstić information content (AvgIpc) is 2.77. The summed E-state index contributed by atoms with van der Waals surface area (Å²) in [6, 6.07) is 12.6. The predicted octanol–water partition coefficient (Wildman–Crippen LogP) is 3.24. The van der Waals surface area contributed by atoms with E-state index in [2.05, 4.69) is 15.5 Å². The van der Waals surface area contributed by atoms with Crippen LogP contribution in [0.25, 0.3) is 0 Å². The normalized spacial score (nSPS) is 14.2. The predicted molar refractivity (Wildman–Crippen MR) is 118 cm³/mol. The van der Waals surface area contributed by atoms with Crippen LogP contribution in [0, 0.1) is 0 Å². The number of amides is 3. The average molecular weight is 449 g/mol. The van der Waals surface area contributed by atoms with Gasteiger partial charge in [-0.05, 0) is 30.3 Å². The first kappa shape index (κ1) is 23.2. The topological polar surface area (TPSA) is 67.9 Å². The quantitative estimate of drug-likeness (QED) is 0.736. The largest absolute Gasteiger partial charge is 0.418 e. The van der Waals surface area contributed by atoms with Gasteiger partial charge in [0.05, 0.1) is 17.8 Å². The molecule has 0 saturated carbocycles. The number of urea groups is 1. The molecular weight excluding hydrogens is 423 g/mol. The van der Waals surface area contributed by atoms with E-state index in [1.165, 1.54) is 17.0 Å². The Morgan fingerprint density at radius 1 is 1.00 bits per heavy atom. The first-order valence-corrected chi connectivity index (χ1v) is 10.2. The second-order valence-electron chi connectivity index (χ2n) is 7.63. The van der Waals surface area contributed by atoms with Gasteiger partial charge in [0, 0.05) is 51.6 Å². The minimum atomic E-state index is -4.64. The molecule has 0 radical (unpaired) electrons. The van der Waals surface area contributed by atoms with E-state index >= 15 is 0 Å². The third-order valence-corrected chi connectivity index (χ3v) is 5.23. The van der Waals surface area contributed by atoms with Gasteiger partial charge in [-0.2, -0.15) is 13.2 Å². The number of alkyl halides is 3. The number of rotatable bonds is 5. The highest BCUT2D eigenvalue weighted by Crippen LogP contribution is 2.37. The van der Waals surface area contributed by atoms with Gasteiger partial charge in [-0.25, -0.2) is 4.79 Å². The second-order valence-corrected chi connectivity index (χ2v) is 7.63. The standard InChI is InChI=1S/C22H26F3N5O2/c1-28(2)17-8-9-19(18(14-17)22(23,24)25)27-21(32)26-15-20(31)30-12-10-29(11-13-30)16-6-4-3-5-7-16/h3-9,14H,10-13,15H2,1-2H3,(H2,26,27,32). The summed E-state index contributed by atoms with van der Waals surface area (Å²) < 4.78 is 40.2. The van der Waals surface area contributed by atoms with E-state index in [4.69, 9.17) is 0 Å². The zero-order chi connectivity index (χ0) is 23.3. The van der Waals surface area contributed by atoms with Gasteiger partial charge in [-0.15, -0.1) is 0 Å². The van der Waals surface area contributed by atoms with E-state index in [0.717, 1.165) is 11.8 Å². The lowest BCUT2D eigenvalue weighted by Gasteiger charge is -2.36. The number of nitrogens with zero attached hydrogens (tertiary/aromatic N) is 3. The number of carbonyl (C=O) groups is 2. The van der Waals surface area contributed by atoms with Crippen LogP contribution in [0.3, 0.4) is 0 Å². The van der Waals surface area contributed by atoms with Gasteiger partial charge in [0.2, 0.25) is 5.91 Å². The molecule has 0 spiro atoms. The Morgan fingerprint density at radius 2 is 1.66 bits per heavy atom. The van der Waals surface area contributed by atoms with Crippen LogP contribution in [-0.2, 0) is 11.0 Å². The van der Waals surface area contributed by atoms with Crippen molar-refractivity contribution in [2.75, 3.05) is 61.9 Å². The molecule has 1 aliphatic rings. The lowest BCUT2D eigenvalue weighted by Crippen LogP contribution is -2.51. The van der Waals surface area contributed by atoms with E-state index in [1.807, 2.05) is 30.3 Å². The van der Waals surface area contributed by atoms with Crippen LogP contribution in [0.15, 0.2) is 48.5 Å². The molecule has 0 aromatic heterocycles. The Balaban J connectivity index is 1.52. The zero-order valence-electron chi connectivity index (χ0n) is 17.9. The maximum absolute atomic E-state index is 13.4. The first-order chi connectivity index (χ1) is 15.1. The highest BCUT2D eigenvalue weighted by Gasteiger charge is 2.34. The summed E-state index contributed by atoms with van der Waals surface area (Å²) in [5.74, 6) is -0.285. The number of benzene rings is 2. The number of anilines is 3. The molecule has 0 bridgehead atoms.